The van der Waals surface area contributed by atoms with Crippen molar-refractivity contribution >= 4 is 46.5 Å². The zero-order valence-corrected chi connectivity index (χ0v) is 16.4. The molecule has 2 atom stereocenters. The first kappa shape index (κ1) is 18.1. The van der Waals surface area contributed by atoms with Crippen molar-refractivity contribution in [1.82, 2.24) is 10.2 Å². The van der Waals surface area contributed by atoms with Gasteiger partial charge in [0, 0.05) is 11.4 Å². The van der Waals surface area contributed by atoms with Gasteiger partial charge in [0.25, 0.3) is 5.91 Å². The van der Waals surface area contributed by atoms with Crippen LogP contribution in [0.5, 0.6) is 0 Å². The van der Waals surface area contributed by atoms with Crippen LogP contribution in [0.1, 0.15) is 16.8 Å². The Balaban J connectivity index is 1.64. The number of rotatable bonds is 4. The zero-order chi connectivity index (χ0) is 19.0. The fraction of sp³-hybridized carbons (Fsp3) is 0.316. The second kappa shape index (κ2) is 7.36. The number of amides is 3. The number of carbonyl (C=O) groups is 3. The molecule has 2 N–H and O–H groups in total. The monoisotopic (exact) mass is 401 g/mol. The third kappa shape index (κ3) is 3.35. The molecule has 2 aliphatic heterocycles. The zero-order valence-electron chi connectivity index (χ0n) is 14.7. The summed E-state index contributed by atoms with van der Waals surface area (Å²) in [6.45, 7) is 0.448. The van der Waals surface area contributed by atoms with Gasteiger partial charge in [0.05, 0.1) is 23.0 Å². The molecule has 4 rings (SSSR count). The topological polar surface area (TPSA) is 78.5 Å². The molecule has 1 saturated heterocycles. The molecule has 1 fully saturated rings. The van der Waals surface area contributed by atoms with Crippen molar-refractivity contribution in [2.75, 3.05) is 23.9 Å². The molecule has 6 nitrogen and oxygen atoms in total. The van der Waals surface area contributed by atoms with Crippen molar-refractivity contribution in [3.63, 3.8) is 0 Å². The van der Waals surface area contributed by atoms with Gasteiger partial charge in [-0.15, -0.1) is 11.3 Å². The van der Waals surface area contributed by atoms with E-state index in [-0.39, 0.29) is 23.8 Å². The number of nitrogens with zero attached hydrogens (tertiary/aromatic N) is 1. The molecule has 3 heterocycles. The summed E-state index contributed by atoms with van der Waals surface area (Å²) in [5.41, 5.74) is 1.97. The van der Waals surface area contributed by atoms with E-state index in [2.05, 4.69) is 10.6 Å². The minimum Gasteiger partial charge on any atom is -0.350 e. The van der Waals surface area contributed by atoms with Gasteiger partial charge in [-0.25, -0.2) is 0 Å². The Hall–Kier alpha value is -2.32. The molecule has 0 radical (unpaired) electrons. The SMILES string of the molecule is CSCC(=O)N[C@@H]1CCN2C(=O)c3cc(-c4cccs4)ccc3NC(=O)[C@H]12. The maximum Gasteiger partial charge on any atom is 0.256 e. The average Bonchev–Trinajstić information content (AvgIpc) is 3.29. The van der Waals surface area contributed by atoms with E-state index in [1.807, 2.05) is 35.9 Å². The van der Waals surface area contributed by atoms with Gasteiger partial charge >= 0.3 is 0 Å². The van der Waals surface area contributed by atoms with Crippen molar-refractivity contribution < 1.29 is 14.4 Å². The Morgan fingerprint density at radius 2 is 2.22 bits per heavy atom. The summed E-state index contributed by atoms with van der Waals surface area (Å²) >= 11 is 3.03. The highest BCUT2D eigenvalue weighted by atomic mass is 32.2. The quantitative estimate of drug-likeness (QED) is 0.825. The van der Waals surface area contributed by atoms with Crippen LogP contribution in [0.4, 0.5) is 5.69 Å². The summed E-state index contributed by atoms with van der Waals surface area (Å²) in [6, 6.07) is 8.46. The van der Waals surface area contributed by atoms with Crippen molar-refractivity contribution in [1.29, 1.82) is 0 Å². The third-order valence-electron chi connectivity index (χ3n) is 4.86. The van der Waals surface area contributed by atoms with Gasteiger partial charge in [-0.05, 0) is 41.8 Å². The third-order valence-corrected chi connectivity index (χ3v) is 6.33. The van der Waals surface area contributed by atoms with Crippen LogP contribution in [0.25, 0.3) is 10.4 Å². The molecule has 0 saturated carbocycles. The molecule has 0 bridgehead atoms. The minimum absolute atomic E-state index is 0.114. The lowest BCUT2D eigenvalue weighted by molar-refractivity contribution is -0.122. The number of hydrogen-bond donors (Lipinski definition) is 2. The molecule has 8 heteroatoms. The van der Waals surface area contributed by atoms with Crippen molar-refractivity contribution in [3.05, 3.63) is 41.3 Å². The molecule has 2 aromatic rings. The Bertz CT molecular complexity index is 898. The summed E-state index contributed by atoms with van der Waals surface area (Å²) in [7, 11) is 0. The average molecular weight is 402 g/mol. The van der Waals surface area contributed by atoms with Crippen LogP contribution < -0.4 is 10.6 Å². The molecule has 1 aromatic carbocycles. The number of benzene rings is 1. The Morgan fingerprint density at radius 3 is 2.96 bits per heavy atom. The van der Waals surface area contributed by atoms with Gasteiger partial charge < -0.3 is 15.5 Å². The number of hydrogen-bond acceptors (Lipinski definition) is 5. The molecule has 0 aliphatic carbocycles. The maximum absolute atomic E-state index is 13.2. The van der Waals surface area contributed by atoms with Gasteiger partial charge in [-0.2, -0.15) is 11.8 Å². The highest BCUT2D eigenvalue weighted by molar-refractivity contribution is 7.99. The summed E-state index contributed by atoms with van der Waals surface area (Å²) in [5.74, 6) is -0.203. The van der Waals surface area contributed by atoms with Gasteiger partial charge in [0.15, 0.2) is 0 Å². The first-order valence-corrected chi connectivity index (χ1v) is 10.9. The van der Waals surface area contributed by atoms with Gasteiger partial charge in [-0.1, -0.05) is 12.1 Å². The van der Waals surface area contributed by atoms with E-state index >= 15 is 0 Å². The van der Waals surface area contributed by atoms with E-state index < -0.39 is 6.04 Å². The summed E-state index contributed by atoms with van der Waals surface area (Å²) < 4.78 is 0. The van der Waals surface area contributed by atoms with Crippen LogP contribution in [0.3, 0.4) is 0 Å². The minimum atomic E-state index is -0.680. The van der Waals surface area contributed by atoms with Crippen LogP contribution in [-0.4, -0.2) is 53.3 Å². The largest absolute Gasteiger partial charge is 0.350 e. The molecular weight excluding hydrogens is 382 g/mol. The lowest BCUT2D eigenvalue weighted by Crippen LogP contribution is -2.51. The van der Waals surface area contributed by atoms with Crippen LogP contribution in [0.2, 0.25) is 0 Å². The molecule has 2 aliphatic rings. The van der Waals surface area contributed by atoms with Crippen molar-refractivity contribution in [3.8, 4) is 10.4 Å². The van der Waals surface area contributed by atoms with Crippen LogP contribution in [0, 0.1) is 0 Å². The number of nitrogens with one attached hydrogen (secondary N) is 2. The molecule has 0 unspecified atom stereocenters. The van der Waals surface area contributed by atoms with Gasteiger partial charge in [0.2, 0.25) is 11.8 Å². The standard InChI is InChI=1S/C19H19N3O3S2/c1-26-10-16(23)20-14-6-7-22-17(14)18(24)21-13-5-4-11(9-12(13)19(22)25)15-3-2-8-27-15/h2-5,8-9,14,17H,6-7,10H2,1H3,(H,20,23)(H,21,24)/t14-,17+/m1/s1. The van der Waals surface area contributed by atoms with E-state index in [0.29, 0.717) is 30.0 Å². The Morgan fingerprint density at radius 1 is 1.37 bits per heavy atom. The number of carbonyl (C=O) groups excluding carboxylic acids is 3. The molecule has 0 spiro atoms. The number of fused-ring (bicyclic) bond motifs is 2. The number of anilines is 1. The highest BCUT2D eigenvalue weighted by Crippen LogP contribution is 2.33. The first-order chi connectivity index (χ1) is 13.1. The predicted molar refractivity (Wildman–Crippen MR) is 108 cm³/mol. The summed E-state index contributed by atoms with van der Waals surface area (Å²) in [5, 5.41) is 7.77. The summed E-state index contributed by atoms with van der Waals surface area (Å²) in [4.78, 5) is 40.6. The van der Waals surface area contributed by atoms with E-state index in [0.717, 1.165) is 10.4 Å². The number of thioether (sulfide) groups is 1. The van der Waals surface area contributed by atoms with Crippen molar-refractivity contribution in [2.45, 2.75) is 18.5 Å². The molecular formula is C19H19N3O3S2. The van der Waals surface area contributed by atoms with Crippen LogP contribution in [0.15, 0.2) is 35.7 Å². The smallest absolute Gasteiger partial charge is 0.256 e. The van der Waals surface area contributed by atoms with E-state index in [9.17, 15) is 14.4 Å². The molecule has 140 valence electrons. The Labute approximate surface area is 165 Å². The lowest BCUT2D eigenvalue weighted by Gasteiger charge is -2.24. The van der Waals surface area contributed by atoms with Gasteiger partial charge in [0.1, 0.15) is 6.04 Å². The lowest BCUT2D eigenvalue weighted by atomic mass is 10.1. The second-order valence-corrected chi connectivity index (χ2v) is 8.38. The van der Waals surface area contributed by atoms with E-state index in [1.165, 1.54) is 11.8 Å². The normalized spacial score (nSPS) is 21.3. The van der Waals surface area contributed by atoms with E-state index in [4.69, 9.17) is 0 Å². The first-order valence-electron chi connectivity index (χ1n) is 8.66. The number of thiophene rings is 1. The fourth-order valence-corrected chi connectivity index (χ4v) is 4.73. The predicted octanol–water partition coefficient (Wildman–Crippen LogP) is 2.43. The highest BCUT2D eigenvalue weighted by Gasteiger charge is 2.45. The Kier molecular flexibility index (Phi) is 4.92. The molecule has 27 heavy (non-hydrogen) atoms. The molecule has 1 aromatic heterocycles. The van der Waals surface area contributed by atoms with Gasteiger partial charge in [-0.3, -0.25) is 14.4 Å². The maximum atomic E-state index is 13.2. The second-order valence-electron chi connectivity index (χ2n) is 6.57. The van der Waals surface area contributed by atoms with Crippen LogP contribution >= 0.6 is 23.1 Å². The molecule has 3 amide bonds. The fourth-order valence-electron chi connectivity index (χ4n) is 3.66. The van der Waals surface area contributed by atoms with Crippen molar-refractivity contribution in [2.24, 2.45) is 0 Å². The van der Waals surface area contributed by atoms with E-state index in [1.54, 1.807) is 22.3 Å². The van der Waals surface area contributed by atoms with Crippen LogP contribution in [-0.2, 0) is 9.59 Å². The summed E-state index contributed by atoms with van der Waals surface area (Å²) in [6.07, 6.45) is 2.42.